The Hall–Kier alpha value is -1.45. The lowest BCUT2D eigenvalue weighted by Crippen LogP contribution is -2.63. The smallest absolute Gasteiger partial charge is 0.312 e. The van der Waals surface area contributed by atoms with Crippen LogP contribution < -0.4 is 0 Å². The lowest BCUT2D eigenvalue weighted by molar-refractivity contribution is -0.158. The molecule has 0 aromatic carbocycles. The molecular weight excluding hydrogens is 552 g/mol. The Balaban J connectivity index is 2.19. The number of fused-ring (bicyclic) bond motifs is 1. The molecule has 9 heteroatoms. The van der Waals surface area contributed by atoms with E-state index in [9.17, 15) is 19.5 Å². The number of likely N-dealkylation sites (tertiary alicyclic amines) is 1. The Morgan fingerprint density at radius 2 is 1.95 bits per heavy atom. The van der Waals surface area contributed by atoms with E-state index in [0.29, 0.717) is 19.4 Å². The van der Waals surface area contributed by atoms with Crippen molar-refractivity contribution in [1.82, 2.24) is 9.80 Å². The first kappa shape index (κ1) is 31.1. The maximum absolute atomic E-state index is 14.8. The number of esters is 1. The number of hydrogen-bond acceptors (Lipinski definition) is 6. The molecule has 1 unspecified atom stereocenters. The van der Waals surface area contributed by atoms with Crippen LogP contribution in [0.5, 0.6) is 0 Å². The highest BCUT2D eigenvalue weighted by Crippen LogP contribution is 2.61. The van der Waals surface area contributed by atoms with Gasteiger partial charge < -0.3 is 24.4 Å². The van der Waals surface area contributed by atoms with Gasteiger partial charge in [-0.05, 0) is 44.9 Å². The monoisotopic (exact) mass is 598 g/mol. The average Bonchev–Trinajstić information content (AvgIpc) is 3.39. The van der Waals surface area contributed by atoms with E-state index in [1.165, 1.54) is 0 Å². The summed E-state index contributed by atoms with van der Waals surface area (Å²) < 4.78 is 12.0. The average molecular weight is 600 g/mol. The van der Waals surface area contributed by atoms with Gasteiger partial charge in [0, 0.05) is 16.9 Å². The number of amides is 2. The number of nitrogens with zero attached hydrogens (tertiary/aromatic N) is 2. The van der Waals surface area contributed by atoms with Gasteiger partial charge in [-0.2, -0.15) is 0 Å². The van der Waals surface area contributed by atoms with Gasteiger partial charge in [0.15, 0.2) is 0 Å². The third-order valence-corrected chi connectivity index (χ3v) is 9.48. The second-order valence-electron chi connectivity index (χ2n) is 13.1. The standard InChI is InChI=1S/C29H47BrN2O6/c1-10-13-31(28(8,9)16-27(5,6)7)25(35)23-29-14-18(30)22(38-29)20(26(36)37-12-3)21(29)24(34)32(23)19(15-33)17(4)11-2/h10,17-23,33H,1,11-16H2,2-9H3/t17-,18?,19-,20-,21+,22-,23-,29+/m0/s1. The van der Waals surface area contributed by atoms with Gasteiger partial charge in [-0.1, -0.05) is 63.0 Å². The number of aliphatic hydroxyl groups is 1. The van der Waals surface area contributed by atoms with Gasteiger partial charge in [0.25, 0.3) is 0 Å². The molecule has 2 amide bonds. The van der Waals surface area contributed by atoms with Crippen molar-refractivity contribution in [2.24, 2.45) is 23.2 Å². The third kappa shape index (κ3) is 5.19. The Morgan fingerprint density at radius 3 is 2.45 bits per heavy atom. The Bertz CT molecular complexity index is 933. The molecule has 216 valence electrons. The Kier molecular flexibility index (Phi) is 9.16. The van der Waals surface area contributed by atoms with Gasteiger partial charge >= 0.3 is 5.97 Å². The molecular formula is C29H47BrN2O6. The lowest BCUT2D eigenvalue weighted by Gasteiger charge is -2.47. The summed E-state index contributed by atoms with van der Waals surface area (Å²) in [6.07, 6.45) is 3.00. The van der Waals surface area contributed by atoms with E-state index >= 15 is 0 Å². The summed E-state index contributed by atoms with van der Waals surface area (Å²) in [6, 6.07) is -1.56. The molecule has 38 heavy (non-hydrogen) atoms. The Morgan fingerprint density at radius 1 is 1.32 bits per heavy atom. The second-order valence-corrected chi connectivity index (χ2v) is 14.3. The number of carbonyl (C=O) groups is 3. The summed E-state index contributed by atoms with van der Waals surface area (Å²) in [5.74, 6) is -2.74. The second kappa shape index (κ2) is 11.2. The van der Waals surface area contributed by atoms with Gasteiger partial charge in [-0.15, -0.1) is 6.58 Å². The highest BCUT2D eigenvalue weighted by Gasteiger charge is 2.78. The van der Waals surface area contributed by atoms with Crippen LogP contribution in [0.1, 0.15) is 74.7 Å². The van der Waals surface area contributed by atoms with Crippen molar-refractivity contribution >= 4 is 33.7 Å². The zero-order chi connectivity index (χ0) is 28.8. The van der Waals surface area contributed by atoms with Crippen LogP contribution in [0.4, 0.5) is 0 Å². The van der Waals surface area contributed by atoms with Gasteiger partial charge in [0.2, 0.25) is 11.8 Å². The molecule has 0 aromatic rings. The van der Waals surface area contributed by atoms with Crippen LogP contribution in [0.2, 0.25) is 0 Å². The van der Waals surface area contributed by atoms with Gasteiger partial charge in [-0.25, -0.2) is 0 Å². The Labute approximate surface area is 236 Å². The number of hydrogen-bond donors (Lipinski definition) is 1. The number of ether oxygens (including phenoxy) is 2. The highest BCUT2D eigenvalue weighted by molar-refractivity contribution is 9.09. The SMILES string of the molecule is C=CCN(C(=O)[C@@H]1N([C@@H](CO)[C@@H](C)CC)C(=O)[C@H]2[C@H](C(=O)OCC)[C@H]3O[C@@]12CC3Br)C(C)(C)CC(C)(C)C. The van der Waals surface area contributed by atoms with E-state index in [-0.39, 0.29) is 41.2 Å². The summed E-state index contributed by atoms with van der Waals surface area (Å²) in [7, 11) is 0. The number of halogens is 1. The van der Waals surface area contributed by atoms with Crippen LogP contribution in [-0.4, -0.2) is 86.6 Å². The summed E-state index contributed by atoms with van der Waals surface area (Å²) in [5.41, 5.74) is -1.80. The predicted octanol–water partition coefficient (Wildman–Crippen LogP) is 3.93. The molecule has 0 aromatic heterocycles. The van der Waals surface area contributed by atoms with Crippen molar-refractivity contribution in [3.8, 4) is 0 Å². The van der Waals surface area contributed by atoms with Crippen molar-refractivity contribution in [3.05, 3.63) is 12.7 Å². The zero-order valence-electron chi connectivity index (χ0n) is 24.3. The molecule has 1 N–H and O–H groups in total. The van der Waals surface area contributed by atoms with Crippen molar-refractivity contribution in [1.29, 1.82) is 0 Å². The number of rotatable bonds is 11. The van der Waals surface area contributed by atoms with Crippen molar-refractivity contribution < 1.29 is 29.0 Å². The first-order chi connectivity index (χ1) is 17.6. The maximum Gasteiger partial charge on any atom is 0.312 e. The molecule has 0 saturated carbocycles. The molecule has 8 nitrogen and oxygen atoms in total. The topological polar surface area (TPSA) is 96.4 Å². The quantitative estimate of drug-likeness (QED) is 0.220. The van der Waals surface area contributed by atoms with Crippen molar-refractivity contribution in [2.75, 3.05) is 19.8 Å². The molecule has 8 atom stereocenters. The van der Waals surface area contributed by atoms with Crippen LogP contribution >= 0.6 is 15.9 Å². The van der Waals surface area contributed by atoms with E-state index < -0.39 is 47.1 Å². The summed E-state index contributed by atoms with van der Waals surface area (Å²) in [5, 5.41) is 10.5. The van der Waals surface area contributed by atoms with Crippen molar-refractivity contribution in [2.45, 2.75) is 109 Å². The van der Waals surface area contributed by atoms with Crippen LogP contribution in [0, 0.1) is 23.2 Å². The minimum absolute atomic E-state index is 0.0577. The van der Waals surface area contributed by atoms with E-state index in [0.717, 1.165) is 6.42 Å². The normalized spacial score (nSPS) is 32.2. The largest absolute Gasteiger partial charge is 0.466 e. The molecule has 3 saturated heterocycles. The first-order valence-corrected chi connectivity index (χ1v) is 14.9. The lowest BCUT2D eigenvalue weighted by atomic mass is 9.70. The maximum atomic E-state index is 14.8. The highest BCUT2D eigenvalue weighted by atomic mass is 79.9. The summed E-state index contributed by atoms with van der Waals surface area (Å²) in [4.78, 5) is 45.4. The van der Waals surface area contributed by atoms with E-state index in [1.54, 1.807) is 22.8 Å². The van der Waals surface area contributed by atoms with E-state index in [4.69, 9.17) is 9.47 Å². The number of aliphatic hydroxyl groups excluding tert-OH is 1. The summed E-state index contributed by atoms with van der Waals surface area (Å²) in [6.45, 7) is 20.3. The van der Waals surface area contributed by atoms with Gasteiger partial charge in [-0.3, -0.25) is 14.4 Å². The number of alkyl halides is 1. The zero-order valence-corrected chi connectivity index (χ0v) is 25.9. The molecule has 1 spiro atoms. The first-order valence-electron chi connectivity index (χ1n) is 14.0. The fourth-order valence-corrected chi connectivity index (χ4v) is 8.27. The molecule has 3 heterocycles. The summed E-state index contributed by atoms with van der Waals surface area (Å²) >= 11 is 3.69. The van der Waals surface area contributed by atoms with Crippen LogP contribution in [0.15, 0.2) is 12.7 Å². The van der Waals surface area contributed by atoms with E-state index in [2.05, 4.69) is 43.3 Å². The van der Waals surface area contributed by atoms with Gasteiger partial charge in [0.05, 0.1) is 37.2 Å². The van der Waals surface area contributed by atoms with Crippen LogP contribution in [0.25, 0.3) is 0 Å². The molecule has 3 rings (SSSR count). The minimum Gasteiger partial charge on any atom is -0.466 e. The molecule has 0 aliphatic carbocycles. The predicted molar refractivity (Wildman–Crippen MR) is 150 cm³/mol. The molecule has 3 aliphatic rings. The van der Waals surface area contributed by atoms with Crippen LogP contribution in [-0.2, 0) is 23.9 Å². The molecule has 0 radical (unpaired) electrons. The fraction of sp³-hybridized carbons (Fsp3) is 0.828. The van der Waals surface area contributed by atoms with Crippen LogP contribution in [0.3, 0.4) is 0 Å². The molecule has 2 bridgehead atoms. The fourth-order valence-electron chi connectivity index (χ4n) is 7.33. The number of carbonyl (C=O) groups excluding carboxylic acids is 3. The minimum atomic E-state index is -1.19. The third-order valence-electron chi connectivity index (χ3n) is 8.64. The molecule has 3 aliphatic heterocycles. The molecule has 3 fully saturated rings. The van der Waals surface area contributed by atoms with Gasteiger partial charge in [0.1, 0.15) is 11.6 Å². The van der Waals surface area contributed by atoms with Crippen molar-refractivity contribution in [3.63, 3.8) is 0 Å². The van der Waals surface area contributed by atoms with E-state index in [1.807, 2.05) is 27.7 Å².